The fourth-order valence-corrected chi connectivity index (χ4v) is 4.43. The number of nitrogens with zero attached hydrogens (tertiary/aromatic N) is 1. The lowest BCUT2D eigenvalue weighted by Gasteiger charge is -2.51. The Morgan fingerprint density at radius 1 is 0.800 bits per heavy atom. The maximum Gasteiger partial charge on any atom is 0.366 e. The van der Waals surface area contributed by atoms with E-state index in [0.29, 0.717) is 4.48 Å². The van der Waals surface area contributed by atoms with Gasteiger partial charge in [-0.2, -0.15) is 0 Å². The number of carbonyl (C=O) groups is 1. The Hall–Kier alpha value is -0.570. The van der Waals surface area contributed by atoms with Crippen molar-refractivity contribution < 1.29 is 14.4 Å². The largest absolute Gasteiger partial charge is 0.477 e. The van der Waals surface area contributed by atoms with Gasteiger partial charge >= 0.3 is 5.97 Å². The van der Waals surface area contributed by atoms with Gasteiger partial charge in [0, 0.05) is 11.8 Å². The quantitative estimate of drug-likeness (QED) is 0.277. The molecule has 0 fully saturated rings. The molecule has 0 bridgehead atoms. The second-order valence-electron chi connectivity index (χ2n) is 9.35. The van der Waals surface area contributed by atoms with E-state index in [-0.39, 0.29) is 5.41 Å². The number of quaternary nitrogens is 1. The van der Waals surface area contributed by atoms with Crippen LogP contribution in [0.1, 0.15) is 105 Å². The molecule has 0 aromatic rings. The zero-order valence-corrected chi connectivity index (χ0v) is 18.3. The second-order valence-corrected chi connectivity index (χ2v) is 9.35. The normalized spacial score (nSPS) is 15.2. The first-order valence-corrected chi connectivity index (χ1v) is 10.6. The van der Waals surface area contributed by atoms with Crippen LogP contribution in [0, 0.1) is 5.41 Å². The molecule has 1 atom stereocenters. The van der Waals surface area contributed by atoms with Crippen LogP contribution >= 0.6 is 0 Å². The topological polar surface area (TPSA) is 37.3 Å². The van der Waals surface area contributed by atoms with Crippen molar-refractivity contribution in [2.75, 3.05) is 21.1 Å². The van der Waals surface area contributed by atoms with Crippen molar-refractivity contribution in [1.82, 2.24) is 0 Å². The molecule has 0 aromatic heterocycles. The third-order valence-corrected chi connectivity index (χ3v) is 6.39. The van der Waals surface area contributed by atoms with E-state index in [1.54, 1.807) is 0 Å². The zero-order chi connectivity index (χ0) is 19.6. The van der Waals surface area contributed by atoms with Crippen molar-refractivity contribution in [2.45, 2.75) is 110 Å². The first-order valence-electron chi connectivity index (χ1n) is 10.6. The average molecular weight is 357 g/mol. The summed E-state index contributed by atoms with van der Waals surface area (Å²) < 4.78 is 0.487. The first-order chi connectivity index (χ1) is 11.6. The van der Waals surface area contributed by atoms with Crippen molar-refractivity contribution in [3.8, 4) is 0 Å². The van der Waals surface area contributed by atoms with Crippen molar-refractivity contribution in [2.24, 2.45) is 5.41 Å². The minimum Gasteiger partial charge on any atom is -0.477 e. The summed E-state index contributed by atoms with van der Waals surface area (Å²) in [6.07, 6.45) is 14.5. The maximum absolute atomic E-state index is 12.3. The summed E-state index contributed by atoms with van der Waals surface area (Å²) in [5, 5.41) is 10.2. The lowest BCUT2D eigenvalue weighted by molar-refractivity contribution is -0.923. The first kappa shape index (κ1) is 24.4. The molecule has 0 aromatic carbocycles. The van der Waals surface area contributed by atoms with Gasteiger partial charge in [-0.1, -0.05) is 85.5 Å². The Balaban J connectivity index is 4.46. The van der Waals surface area contributed by atoms with E-state index in [2.05, 4.69) is 27.7 Å². The molecule has 3 heteroatoms. The van der Waals surface area contributed by atoms with Gasteiger partial charge in [0.2, 0.25) is 5.54 Å². The van der Waals surface area contributed by atoms with Crippen LogP contribution in [-0.4, -0.2) is 42.2 Å². The van der Waals surface area contributed by atoms with Crippen LogP contribution in [0.2, 0.25) is 0 Å². The van der Waals surface area contributed by atoms with Crippen molar-refractivity contribution in [3.05, 3.63) is 0 Å². The minimum atomic E-state index is -0.720. The van der Waals surface area contributed by atoms with E-state index in [4.69, 9.17) is 0 Å². The van der Waals surface area contributed by atoms with Crippen LogP contribution < -0.4 is 0 Å². The van der Waals surface area contributed by atoms with Gasteiger partial charge in [-0.25, -0.2) is 4.79 Å². The molecule has 150 valence electrons. The van der Waals surface area contributed by atoms with E-state index in [1.165, 1.54) is 51.4 Å². The van der Waals surface area contributed by atoms with Crippen LogP contribution in [-0.2, 0) is 4.79 Å². The molecular formula is C22H46NO2+. The average Bonchev–Trinajstić information content (AvgIpc) is 2.50. The van der Waals surface area contributed by atoms with E-state index < -0.39 is 11.5 Å². The number of unbranched alkanes of at least 4 members (excludes halogenated alkanes) is 9. The maximum atomic E-state index is 12.3. The van der Waals surface area contributed by atoms with Crippen LogP contribution in [0.4, 0.5) is 0 Å². The predicted molar refractivity (Wildman–Crippen MR) is 109 cm³/mol. The third-order valence-electron chi connectivity index (χ3n) is 6.39. The number of aliphatic carboxylic acids is 1. The van der Waals surface area contributed by atoms with E-state index >= 15 is 0 Å². The van der Waals surface area contributed by atoms with Gasteiger partial charge < -0.3 is 9.59 Å². The Morgan fingerprint density at radius 2 is 1.20 bits per heavy atom. The highest BCUT2D eigenvalue weighted by Gasteiger charge is 2.59. The highest BCUT2D eigenvalue weighted by molar-refractivity contribution is 5.78. The Morgan fingerprint density at radius 3 is 1.52 bits per heavy atom. The summed E-state index contributed by atoms with van der Waals surface area (Å²) >= 11 is 0. The molecule has 0 radical (unpaired) electrons. The molecule has 0 saturated carbocycles. The summed E-state index contributed by atoms with van der Waals surface area (Å²) in [6.45, 7) is 8.63. The number of rotatable bonds is 15. The van der Waals surface area contributed by atoms with Gasteiger partial charge in [-0.15, -0.1) is 0 Å². The van der Waals surface area contributed by atoms with Crippen LogP contribution in [0.25, 0.3) is 0 Å². The monoisotopic (exact) mass is 356 g/mol. The van der Waals surface area contributed by atoms with E-state index in [0.717, 1.165) is 25.7 Å². The number of likely N-dealkylation sites (N-methyl/N-ethyl adjacent to an activating group) is 1. The van der Waals surface area contributed by atoms with Gasteiger partial charge in [0.15, 0.2) is 0 Å². The van der Waals surface area contributed by atoms with E-state index in [9.17, 15) is 9.90 Å². The smallest absolute Gasteiger partial charge is 0.366 e. The molecule has 0 aliphatic heterocycles. The van der Waals surface area contributed by atoms with Gasteiger partial charge in [-0.3, -0.25) is 0 Å². The lowest BCUT2D eigenvalue weighted by atomic mass is 9.65. The molecule has 3 nitrogen and oxygen atoms in total. The van der Waals surface area contributed by atoms with Crippen molar-refractivity contribution in [1.29, 1.82) is 0 Å². The van der Waals surface area contributed by atoms with Crippen LogP contribution in [0.15, 0.2) is 0 Å². The summed E-state index contributed by atoms with van der Waals surface area (Å²) in [5.74, 6) is -0.636. The number of carboxylic acids is 1. The Kier molecular flexibility index (Phi) is 11.0. The summed E-state index contributed by atoms with van der Waals surface area (Å²) in [6, 6.07) is 0. The summed E-state index contributed by atoms with van der Waals surface area (Å²) in [7, 11) is 6.13. The number of carboxylic acid groups (broad SMARTS) is 1. The van der Waals surface area contributed by atoms with Gasteiger partial charge in [0.05, 0.1) is 21.1 Å². The summed E-state index contributed by atoms with van der Waals surface area (Å²) in [4.78, 5) is 12.3. The molecule has 1 N–H and O–H groups in total. The Labute approximate surface area is 157 Å². The number of hydrogen-bond donors (Lipinski definition) is 1. The molecular weight excluding hydrogens is 310 g/mol. The molecule has 0 aliphatic carbocycles. The highest BCUT2D eigenvalue weighted by atomic mass is 16.4. The third kappa shape index (κ3) is 6.92. The van der Waals surface area contributed by atoms with Crippen molar-refractivity contribution in [3.63, 3.8) is 0 Å². The molecule has 0 heterocycles. The van der Waals surface area contributed by atoms with Crippen molar-refractivity contribution >= 4 is 5.97 Å². The molecule has 0 saturated heterocycles. The fourth-order valence-electron chi connectivity index (χ4n) is 4.43. The van der Waals surface area contributed by atoms with Gasteiger partial charge in [-0.05, 0) is 12.8 Å². The van der Waals surface area contributed by atoms with E-state index in [1.807, 2.05) is 21.1 Å². The second kappa shape index (κ2) is 11.2. The molecule has 0 rings (SSSR count). The van der Waals surface area contributed by atoms with Crippen LogP contribution in [0.3, 0.4) is 0 Å². The van der Waals surface area contributed by atoms with Gasteiger partial charge in [0.25, 0.3) is 0 Å². The number of hydrogen-bond acceptors (Lipinski definition) is 1. The molecule has 25 heavy (non-hydrogen) atoms. The predicted octanol–water partition coefficient (Wildman–Crippen LogP) is 6.26. The van der Waals surface area contributed by atoms with Gasteiger partial charge in [0.1, 0.15) is 0 Å². The standard InChI is InChI=1S/C22H45NO2/c1-8-10-11-12-13-14-15-16-17-18-19-22(20(24)25,23(5,6)7)21(3,4)9-2/h8-19H2,1-7H3/p+1. The zero-order valence-electron chi connectivity index (χ0n) is 18.3. The van der Waals surface area contributed by atoms with Crippen LogP contribution in [0.5, 0.6) is 0 Å². The molecule has 0 spiro atoms. The molecule has 0 amide bonds. The lowest BCUT2D eigenvalue weighted by Crippen LogP contribution is -2.69. The molecule has 0 aliphatic rings. The fraction of sp³-hybridized carbons (Fsp3) is 0.955. The minimum absolute atomic E-state index is 0.226. The molecule has 1 unspecified atom stereocenters. The summed E-state index contributed by atoms with van der Waals surface area (Å²) in [5.41, 5.74) is -0.946. The Bertz CT molecular complexity index is 371. The highest BCUT2D eigenvalue weighted by Crippen LogP contribution is 2.44. The SMILES string of the molecule is CCCCCCCCCCCCC(C(=O)O)(C(C)(C)CC)[N+](C)(C)C.